The van der Waals surface area contributed by atoms with Crippen LogP contribution in [0.4, 0.5) is 4.79 Å². The van der Waals surface area contributed by atoms with Crippen molar-refractivity contribution < 1.29 is 24.2 Å². The molecule has 8 heteroatoms. The summed E-state index contributed by atoms with van der Waals surface area (Å²) in [7, 11) is 1.15. The van der Waals surface area contributed by atoms with Gasteiger partial charge in [0.05, 0.1) is 13.5 Å². The van der Waals surface area contributed by atoms with Crippen LogP contribution in [0.5, 0.6) is 0 Å². The molecule has 21 heavy (non-hydrogen) atoms. The molecule has 0 saturated carbocycles. The summed E-state index contributed by atoms with van der Waals surface area (Å²) in [5.41, 5.74) is 0.847. The molecule has 0 aliphatic carbocycles. The lowest BCUT2D eigenvalue weighted by Gasteiger charge is -2.14. The first-order valence-electron chi connectivity index (χ1n) is 6.00. The number of hydrogen-bond donors (Lipinski definition) is 3. The SMILES string of the molecule is COC(=O)C[C@H](NC(=O)NCc1cccc(Br)c1)C(=O)O. The number of esters is 1. The summed E-state index contributed by atoms with van der Waals surface area (Å²) in [5, 5.41) is 13.7. The summed E-state index contributed by atoms with van der Waals surface area (Å²) in [5.74, 6) is -2.02. The van der Waals surface area contributed by atoms with Gasteiger partial charge in [0.1, 0.15) is 6.04 Å². The van der Waals surface area contributed by atoms with E-state index in [1.807, 2.05) is 24.3 Å². The van der Waals surface area contributed by atoms with Gasteiger partial charge in [-0.05, 0) is 17.7 Å². The van der Waals surface area contributed by atoms with Crippen LogP contribution in [0.15, 0.2) is 28.7 Å². The predicted octanol–water partition coefficient (Wildman–Crippen LogP) is 1.26. The Morgan fingerprint density at radius 2 is 2.10 bits per heavy atom. The Kier molecular flexibility index (Phi) is 6.67. The lowest BCUT2D eigenvalue weighted by molar-refractivity contribution is -0.147. The minimum absolute atomic E-state index is 0.232. The zero-order valence-corrected chi connectivity index (χ0v) is 12.8. The third-order valence-corrected chi connectivity index (χ3v) is 3.04. The summed E-state index contributed by atoms with van der Waals surface area (Å²) in [6, 6.07) is 5.29. The smallest absolute Gasteiger partial charge is 0.326 e. The van der Waals surface area contributed by atoms with Crippen LogP contribution in [0.25, 0.3) is 0 Å². The quantitative estimate of drug-likeness (QED) is 0.664. The molecule has 1 rings (SSSR count). The maximum absolute atomic E-state index is 11.6. The number of hydrogen-bond acceptors (Lipinski definition) is 4. The monoisotopic (exact) mass is 358 g/mol. The number of halogens is 1. The van der Waals surface area contributed by atoms with Crippen LogP contribution in [-0.2, 0) is 20.9 Å². The predicted molar refractivity (Wildman–Crippen MR) is 77.6 cm³/mol. The minimum atomic E-state index is -1.33. The van der Waals surface area contributed by atoms with Gasteiger partial charge in [-0.2, -0.15) is 0 Å². The van der Waals surface area contributed by atoms with Crippen LogP contribution in [0.1, 0.15) is 12.0 Å². The van der Waals surface area contributed by atoms with Crippen LogP contribution in [0.2, 0.25) is 0 Å². The average Bonchev–Trinajstić information content (AvgIpc) is 2.44. The molecule has 0 bridgehead atoms. The van der Waals surface area contributed by atoms with Crippen molar-refractivity contribution in [2.24, 2.45) is 0 Å². The molecule has 0 aliphatic rings. The van der Waals surface area contributed by atoms with E-state index in [2.05, 4.69) is 31.3 Å². The summed E-state index contributed by atoms with van der Waals surface area (Å²) in [6.45, 7) is 0.232. The number of amides is 2. The van der Waals surface area contributed by atoms with Crippen LogP contribution < -0.4 is 10.6 Å². The molecule has 1 aromatic carbocycles. The van der Waals surface area contributed by atoms with E-state index in [-0.39, 0.29) is 6.54 Å². The fraction of sp³-hybridized carbons (Fsp3) is 0.308. The van der Waals surface area contributed by atoms with E-state index < -0.39 is 30.4 Å². The van der Waals surface area contributed by atoms with E-state index >= 15 is 0 Å². The molecule has 2 amide bonds. The number of rotatable bonds is 6. The lowest BCUT2D eigenvalue weighted by Crippen LogP contribution is -2.46. The number of aliphatic carboxylic acids is 1. The average molecular weight is 359 g/mol. The fourth-order valence-corrected chi connectivity index (χ4v) is 1.94. The number of carboxylic acid groups (broad SMARTS) is 1. The van der Waals surface area contributed by atoms with E-state index in [1.54, 1.807) is 0 Å². The van der Waals surface area contributed by atoms with E-state index in [1.165, 1.54) is 0 Å². The van der Waals surface area contributed by atoms with E-state index in [0.717, 1.165) is 17.1 Å². The second-order valence-corrected chi connectivity index (χ2v) is 5.04. The molecule has 1 aromatic rings. The normalized spacial score (nSPS) is 11.3. The van der Waals surface area contributed by atoms with Gasteiger partial charge in [-0.3, -0.25) is 4.79 Å². The third kappa shape index (κ3) is 6.26. The van der Waals surface area contributed by atoms with Crippen molar-refractivity contribution in [2.75, 3.05) is 7.11 Å². The van der Waals surface area contributed by atoms with Crippen LogP contribution in [0.3, 0.4) is 0 Å². The van der Waals surface area contributed by atoms with Gasteiger partial charge in [-0.25, -0.2) is 9.59 Å². The number of methoxy groups -OCH3 is 1. The number of ether oxygens (including phenoxy) is 1. The molecule has 0 radical (unpaired) electrons. The summed E-state index contributed by atoms with van der Waals surface area (Å²) in [6.07, 6.45) is -0.434. The minimum Gasteiger partial charge on any atom is -0.480 e. The van der Waals surface area contributed by atoms with Crippen molar-refractivity contribution in [2.45, 2.75) is 19.0 Å². The van der Waals surface area contributed by atoms with Crippen molar-refractivity contribution >= 4 is 33.9 Å². The highest BCUT2D eigenvalue weighted by Crippen LogP contribution is 2.11. The Hall–Kier alpha value is -2.09. The van der Waals surface area contributed by atoms with Crippen molar-refractivity contribution in [1.29, 1.82) is 0 Å². The molecular weight excluding hydrogens is 344 g/mol. The Morgan fingerprint density at radius 3 is 2.67 bits per heavy atom. The Morgan fingerprint density at radius 1 is 1.38 bits per heavy atom. The zero-order valence-electron chi connectivity index (χ0n) is 11.3. The molecule has 1 atom stereocenters. The highest BCUT2D eigenvalue weighted by Gasteiger charge is 2.23. The molecule has 0 heterocycles. The van der Waals surface area contributed by atoms with E-state index in [0.29, 0.717) is 0 Å². The number of carbonyl (C=O) groups is 3. The number of benzene rings is 1. The molecule has 114 valence electrons. The zero-order chi connectivity index (χ0) is 15.8. The van der Waals surface area contributed by atoms with Gasteiger partial charge in [0.25, 0.3) is 0 Å². The maximum Gasteiger partial charge on any atom is 0.326 e. The van der Waals surface area contributed by atoms with Crippen molar-refractivity contribution in [3.63, 3.8) is 0 Å². The Labute approximate surface area is 129 Å². The molecule has 0 unspecified atom stereocenters. The molecule has 0 aliphatic heterocycles. The van der Waals surface area contributed by atoms with Gasteiger partial charge in [0.15, 0.2) is 0 Å². The molecule has 0 saturated heterocycles. The molecule has 3 N–H and O–H groups in total. The van der Waals surface area contributed by atoms with Gasteiger partial charge >= 0.3 is 18.0 Å². The maximum atomic E-state index is 11.6. The Bertz CT molecular complexity index is 535. The van der Waals surface area contributed by atoms with Gasteiger partial charge < -0.3 is 20.5 Å². The van der Waals surface area contributed by atoms with Gasteiger partial charge in [0.2, 0.25) is 0 Å². The summed E-state index contributed by atoms with van der Waals surface area (Å²) < 4.78 is 5.25. The van der Waals surface area contributed by atoms with Crippen molar-refractivity contribution in [3.05, 3.63) is 34.3 Å². The van der Waals surface area contributed by atoms with Crippen molar-refractivity contribution in [3.8, 4) is 0 Å². The summed E-state index contributed by atoms with van der Waals surface area (Å²) in [4.78, 5) is 33.6. The van der Waals surface area contributed by atoms with Crippen molar-refractivity contribution in [1.82, 2.24) is 10.6 Å². The first kappa shape index (κ1) is 17.0. The standard InChI is InChI=1S/C13H15BrN2O5/c1-21-11(17)6-10(12(18)19)16-13(20)15-7-8-3-2-4-9(14)5-8/h2-5,10H,6-7H2,1H3,(H,18,19)(H2,15,16,20)/t10-/m0/s1. The fourth-order valence-electron chi connectivity index (χ4n) is 1.49. The molecule has 0 spiro atoms. The first-order valence-corrected chi connectivity index (χ1v) is 6.80. The third-order valence-electron chi connectivity index (χ3n) is 2.54. The number of nitrogens with one attached hydrogen (secondary N) is 2. The molecule has 7 nitrogen and oxygen atoms in total. The number of urea groups is 1. The largest absolute Gasteiger partial charge is 0.480 e. The second-order valence-electron chi connectivity index (χ2n) is 4.13. The summed E-state index contributed by atoms with van der Waals surface area (Å²) >= 11 is 3.31. The molecule has 0 aromatic heterocycles. The van der Waals surface area contributed by atoms with Crippen LogP contribution in [-0.4, -0.2) is 36.2 Å². The van der Waals surface area contributed by atoms with Crippen LogP contribution in [0, 0.1) is 0 Å². The Balaban J connectivity index is 2.50. The van der Waals surface area contributed by atoms with Crippen LogP contribution >= 0.6 is 15.9 Å². The number of carboxylic acids is 1. The molecule has 0 fully saturated rings. The first-order chi connectivity index (χ1) is 9.92. The number of carbonyl (C=O) groups excluding carboxylic acids is 2. The highest BCUT2D eigenvalue weighted by molar-refractivity contribution is 9.10. The van der Waals surface area contributed by atoms with Gasteiger partial charge in [0, 0.05) is 11.0 Å². The lowest BCUT2D eigenvalue weighted by atomic mass is 10.2. The molecular formula is C13H15BrN2O5. The van der Waals surface area contributed by atoms with E-state index in [9.17, 15) is 14.4 Å². The van der Waals surface area contributed by atoms with Gasteiger partial charge in [-0.15, -0.1) is 0 Å². The van der Waals surface area contributed by atoms with Gasteiger partial charge in [-0.1, -0.05) is 28.1 Å². The van der Waals surface area contributed by atoms with E-state index in [4.69, 9.17) is 5.11 Å². The topological polar surface area (TPSA) is 105 Å². The highest BCUT2D eigenvalue weighted by atomic mass is 79.9. The second kappa shape index (κ2) is 8.25.